The number of amides is 2. The van der Waals surface area contributed by atoms with Crippen LogP contribution in [0.1, 0.15) is 41.6 Å². The minimum atomic E-state index is -1.08. The Morgan fingerprint density at radius 3 is 2.57 bits per heavy atom. The first kappa shape index (κ1) is 21.4. The lowest BCUT2D eigenvalue weighted by molar-refractivity contribution is -0.126. The van der Waals surface area contributed by atoms with Gasteiger partial charge in [0.05, 0.1) is 24.3 Å². The molecule has 0 saturated heterocycles. The lowest BCUT2D eigenvalue weighted by Crippen LogP contribution is -2.50. The second-order valence-corrected chi connectivity index (χ2v) is 7.50. The summed E-state index contributed by atoms with van der Waals surface area (Å²) in [5.74, 6) is -0.181. The minimum Gasteiger partial charge on any atom is -0.374 e. The van der Waals surface area contributed by atoms with Gasteiger partial charge in [0.2, 0.25) is 5.91 Å². The van der Waals surface area contributed by atoms with E-state index in [-0.39, 0.29) is 18.4 Å². The zero-order chi connectivity index (χ0) is 21.7. The Hall–Kier alpha value is -3.30. The molecule has 158 valence electrons. The number of nitrogens with one attached hydrogen (secondary N) is 2. The lowest BCUT2D eigenvalue weighted by atomic mass is 10.1. The molecule has 0 aliphatic carbocycles. The summed E-state index contributed by atoms with van der Waals surface area (Å²) >= 11 is 0. The van der Waals surface area contributed by atoms with Gasteiger partial charge in [0.15, 0.2) is 11.5 Å². The van der Waals surface area contributed by atoms with E-state index in [9.17, 15) is 9.59 Å². The summed E-state index contributed by atoms with van der Waals surface area (Å²) in [6.07, 6.45) is 1.74. The summed E-state index contributed by atoms with van der Waals surface area (Å²) in [5.41, 5.74) is 6.65. The van der Waals surface area contributed by atoms with Crippen LogP contribution in [0.3, 0.4) is 0 Å². The van der Waals surface area contributed by atoms with Crippen molar-refractivity contribution in [2.45, 2.75) is 32.0 Å². The molecule has 4 N–H and O–H groups in total. The normalized spacial score (nSPS) is 12.5. The van der Waals surface area contributed by atoms with Crippen molar-refractivity contribution in [3.05, 3.63) is 65.6 Å². The van der Waals surface area contributed by atoms with Crippen LogP contribution in [0, 0.1) is 0 Å². The number of aromatic nitrogens is 3. The molecule has 3 rings (SSSR count). The third-order valence-electron chi connectivity index (χ3n) is 4.53. The van der Waals surface area contributed by atoms with Crippen LogP contribution >= 0.6 is 0 Å². The molecule has 1 atom stereocenters. The number of carbonyl (C=O) groups excluding carboxylic acids is 2. The van der Waals surface area contributed by atoms with E-state index in [4.69, 9.17) is 10.5 Å². The van der Waals surface area contributed by atoms with Gasteiger partial charge >= 0.3 is 0 Å². The monoisotopic (exact) mass is 410 g/mol. The molecule has 0 radical (unpaired) electrons. The van der Waals surface area contributed by atoms with Crippen molar-refractivity contribution in [3.63, 3.8) is 0 Å². The van der Waals surface area contributed by atoms with Crippen LogP contribution in [0.4, 0.5) is 0 Å². The molecular formula is C21H26N6O3. The van der Waals surface area contributed by atoms with E-state index in [1.807, 2.05) is 30.3 Å². The van der Waals surface area contributed by atoms with Crippen LogP contribution in [-0.4, -0.2) is 45.6 Å². The predicted molar refractivity (Wildman–Crippen MR) is 112 cm³/mol. The standard InChI is InChI=1S/C21H26N6O3/c1-21(2,22)20(29)24-16(13-30-12-14-8-5-4-6-9-14)18-26-25-17-15(19(28)23-3)10-7-11-27(17)18/h4-11,16H,12-13,22H2,1-3H3,(H,23,28)(H,24,29)/t16-/m1/s1. The molecule has 2 heterocycles. The van der Waals surface area contributed by atoms with Crippen LogP contribution in [0.5, 0.6) is 0 Å². The van der Waals surface area contributed by atoms with Crippen LogP contribution in [-0.2, 0) is 16.1 Å². The molecule has 9 heteroatoms. The van der Waals surface area contributed by atoms with Crippen LogP contribution in [0.2, 0.25) is 0 Å². The molecule has 30 heavy (non-hydrogen) atoms. The average molecular weight is 410 g/mol. The number of hydrogen-bond donors (Lipinski definition) is 3. The number of nitrogens with two attached hydrogens (primary N) is 1. The molecule has 0 aliphatic rings. The van der Waals surface area contributed by atoms with E-state index >= 15 is 0 Å². The predicted octanol–water partition coefficient (Wildman–Crippen LogP) is 1.20. The van der Waals surface area contributed by atoms with Crippen LogP contribution in [0.25, 0.3) is 5.65 Å². The van der Waals surface area contributed by atoms with Crippen LogP contribution in [0.15, 0.2) is 48.7 Å². The lowest BCUT2D eigenvalue weighted by Gasteiger charge is -2.23. The molecule has 1 aromatic carbocycles. The van der Waals surface area contributed by atoms with Gasteiger partial charge in [-0.3, -0.25) is 14.0 Å². The van der Waals surface area contributed by atoms with Crippen LogP contribution < -0.4 is 16.4 Å². The minimum absolute atomic E-state index is 0.154. The maximum absolute atomic E-state index is 12.5. The Bertz CT molecular complexity index is 1030. The van der Waals surface area contributed by atoms with Gasteiger partial charge in [0.1, 0.15) is 6.04 Å². The van der Waals surface area contributed by atoms with Gasteiger partial charge in [-0.1, -0.05) is 30.3 Å². The van der Waals surface area contributed by atoms with Gasteiger partial charge in [0, 0.05) is 13.2 Å². The third kappa shape index (κ3) is 4.81. The Morgan fingerprint density at radius 1 is 1.17 bits per heavy atom. The molecule has 0 spiro atoms. The van der Waals surface area contributed by atoms with E-state index in [2.05, 4.69) is 20.8 Å². The van der Waals surface area contributed by atoms with Crippen molar-refractivity contribution in [2.24, 2.45) is 5.73 Å². The molecule has 2 amide bonds. The molecular weight excluding hydrogens is 384 g/mol. The summed E-state index contributed by atoms with van der Waals surface area (Å²) in [6, 6.07) is 12.5. The van der Waals surface area contributed by atoms with Crippen molar-refractivity contribution in [3.8, 4) is 0 Å². The van der Waals surface area contributed by atoms with E-state index in [1.54, 1.807) is 43.6 Å². The summed E-state index contributed by atoms with van der Waals surface area (Å²) in [6.45, 7) is 3.77. The maximum Gasteiger partial charge on any atom is 0.254 e. The number of rotatable bonds is 8. The van der Waals surface area contributed by atoms with E-state index < -0.39 is 11.6 Å². The van der Waals surface area contributed by atoms with Crippen molar-refractivity contribution >= 4 is 17.5 Å². The number of hydrogen-bond acceptors (Lipinski definition) is 6. The second-order valence-electron chi connectivity index (χ2n) is 7.50. The largest absolute Gasteiger partial charge is 0.374 e. The molecule has 0 aliphatic heterocycles. The highest BCUT2D eigenvalue weighted by Crippen LogP contribution is 2.18. The number of nitrogens with zero attached hydrogens (tertiary/aromatic N) is 3. The summed E-state index contributed by atoms with van der Waals surface area (Å²) < 4.78 is 7.52. The van der Waals surface area contributed by atoms with E-state index in [1.165, 1.54) is 0 Å². The summed E-state index contributed by atoms with van der Waals surface area (Å²) in [5, 5.41) is 13.9. The number of carbonyl (C=O) groups is 2. The molecule has 0 unspecified atom stereocenters. The highest BCUT2D eigenvalue weighted by atomic mass is 16.5. The maximum atomic E-state index is 12.5. The number of benzene rings is 1. The van der Waals surface area contributed by atoms with Gasteiger partial charge < -0.3 is 21.1 Å². The second kappa shape index (κ2) is 9.02. The number of fused-ring (bicyclic) bond motifs is 1. The molecule has 9 nitrogen and oxygen atoms in total. The zero-order valence-corrected chi connectivity index (χ0v) is 17.3. The van der Waals surface area contributed by atoms with Gasteiger partial charge in [-0.15, -0.1) is 10.2 Å². The molecule has 3 aromatic rings. The molecule has 0 bridgehead atoms. The fourth-order valence-corrected chi connectivity index (χ4v) is 2.88. The first-order valence-corrected chi connectivity index (χ1v) is 9.58. The molecule has 0 saturated carbocycles. The van der Waals surface area contributed by atoms with Gasteiger partial charge in [0.25, 0.3) is 5.91 Å². The van der Waals surface area contributed by atoms with E-state index in [0.29, 0.717) is 23.6 Å². The number of ether oxygens (including phenoxy) is 1. The van der Waals surface area contributed by atoms with Crippen molar-refractivity contribution in [1.29, 1.82) is 0 Å². The quantitative estimate of drug-likeness (QED) is 0.513. The van der Waals surface area contributed by atoms with Gasteiger partial charge in [-0.05, 0) is 31.5 Å². The summed E-state index contributed by atoms with van der Waals surface area (Å²) in [7, 11) is 1.55. The van der Waals surface area contributed by atoms with Gasteiger partial charge in [-0.25, -0.2) is 0 Å². The van der Waals surface area contributed by atoms with Crippen molar-refractivity contribution in [2.75, 3.05) is 13.7 Å². The Labute approximate surface area is 174 Å². The molecule has 2 aromatic heterocycles. The smallest absolute Gasteiger partial charge is 0.254 e. The Kier molecular flexibility index (Phi) is 6.43. The fourth-order valence-electron chi connectivity index (χ4n) is 2.88. The highest BCUT2D eigenvalue weighted by Gasteiger charge is 2.28. The first-order valence-electron chi connectivity index (χ1n) is 9.58. The first-order chi connectivity index (χ1) is 14.3. The zero-order valence-electron chi connectivity index (χ0n) is 17.3. The van der Waals surface area contributed by atoms with Crippen molar-refractivity contribution in [1.82, 2.24) is 25.2 Å². The Balaban J connectivity index is 1.89. The topological polar surface area (TPSA) is 124 Å². The third-order valence-corrected chi connectivity index (χ3v) is 4.53. The average Bonchev–Trinajstić information content (AvgIpc) is 3.16. The van der Waals surface area contributed by atoms with Gasteiger partial charge in [-0.2, -0.15) is 0 Å². The van der Waals surface area contributed by atoms with Crippen molar-refractivity contribution < 1.29 is 14.3 Å². The highest BCUT2D eigenvalue weighted by molar-refractivity contribution is 5.99. The molecule has 0 fully saturated rings. The van der Waals surface area contributed by atoms with E-state index in [0.717, 1.165) is 5.56 Å². The number of pyridine rings is 1. The Morgan fingerprint density at radius 2 is 1.90 bits per heavy atom. The summed E-state index contributed by atoms with van der Waals surface area (Å²) in [4.78, 5) is 24.7. The SMILES string of the molecule is CNC(=O)c1cccn2c([C@@H](COCc3ccccc3)NC(=O)C(C)(C)N)nnc12. The fraction of sp³-hybridized carbons (Fsp3) is 0.333.